The van der Waals surface area contributed by atoms with E-state index in [-0.39, 0.29) is 0 Å². The second-order valence-electron chi connectivity index (χ2n) is 4.26. The standard InChI is InChI=1S/C15H25NO/c1-4-7-13-8-10-14(11-9-13)15(16-5-2)12-17-6-3/h8-11,15-16H,4-7,12H2,1-3H3. The lowest BCUT2D eigenvalue weighted by Gasteiger charge is -2.18. The van der Waals surface area contributed by atoms with Crippen LogP contribution in [0.3, 0.4) is 0 Å². The van der Waals surface area contributed by atoms with Crippen LogP contribution in [0.1, 0.15) is 44.4 Å². The molecule has 1 N–H and O–H groups in total. The third kappa shape index (κ3) is 4.88. The minimum absolute atomic E-state index is 0.315. The zero-order chi connectivity index (χ0) is 12.5. The van der Waals surface area contributed by atoms with E-state index >= 15 is 0 Å². The number of nitrogens with one attached hydrogen (secondary N) is 1. The quantitative estimate of drug-likeness (QED) is 0.746. The minimum Gasteiger partial charge on any atom is -0.380 e. The van der Waals surface area contributed by atoms with Crippen molar-refractivity contribution in [2.45, 2.75) is 39.7 Å². The van der Waals surface area contributed by atoms with Crippen molar-refractivity contribution in [3.05, 3.63) is 35.4 Å². The summed E-state index contributed by atoms with van der Waals surface area (Å²) in [7, 11) is 0. The molecule has 0 saturated heterocycles. The molecule has 0 radical (unpaired) electrons. The summed E-state index contributed by atoms with van der Waals surface area (Å²) < 4.78 is 5.52. The summed E-state index contributed by atoms with van der Waals surface area (Å²) in [5, 5.41) is 3.46. The smallest absolute Gasteiger partial charge is 0.0661 e. The van der Waals surface area contributed by atoms with Crippen molar-refractivity contribution in [3.63, 3.8) is 0 Å². The number of ether oxygens (including phenoxy) is 1. The first kappa shape index (κ1) is 14.2. The lowest BCUT2D eigenvalue weighted by atomic mass is 10.0. The molecule has 1 unspecified atom stereocenters. The monoisotopic (exact) mass is 235 g/mol. The Morgan fingerprint density at radius 1 is 1.12 bits per heavy atom. The molecule has 0 saturated carbocycles. The Bertz CT molecular complexity index is 294. The van der Waals surface area contributed by atoms with E-state index in [0.29, 0.717) is 6.04 Å². The van der Waals surface area contributed by atoms with Gasteiger partial charge in [0.15, 0.2) is 0 Å². The maximum absolute atomic E-state index is 5.52. The van der Waals surface area contributed by atoms with Crippen molar-refractivity contribution in [3.8, 4) is 0 Å². The molecule has 17 heavy (non-hydrogen) atoms. The molecule has 2 nitrogen and oxygen atoms in total. The van der Waals surface area contributed by atoms with Crippen LogP contribution in [0, 0.1) is 0 Å². The molecule has 0 fully saturated rings. The van der Waals surface area contributed by atoms with Gasteiger partial charge in [0.05, 0.1) is 12.6 Å². The van der Waals surface area contributed by atoms with Gasteiger partial charge in [-0.3, -0.25) is 0 Å². The number of aryl methyl sites for hydroxylation is 1. The lowest BCUT2D eigenvalue weighted by molar-refractivity contribution is 0.123. The lowest BCUT2D eigenvalue weighted by Crippen LogP contribution is -2.25. The van der Waals surface area contributed by atoms with Crippen molar-refractivity contribution in [2.24, 2.45) is 0 Å². The van der Waals surface area contributed by atoms with Crippen LogP contribution in [0.15, 0.2) is 24.3 Å². The van der Waals surface area contributed by atoms with Gasteiger partial charge < -0.3 is 10.1 Å². The van der Waals surface area contributed by atoms with Gasteiger partial charge in [-0.05, 0) is 31.0 Å². The van der Waals surface area contributed by atoms with Gasteiger partial charge in [-0.1, -0.05) is 44.5 Å². The number of hydrogen-bond acceptors (Lipinski definition) is 2. The van der Waals surface area contributed by atoms with E-state index in [9.17, 15) is 0 Å². The van der Waals surface area contributed by atoms with Crippen molar-refractivity contribution in [1.82, 2.24) is 5.32 Å². The molecule has 0 aromatic heterocycles. The van der Waals surface area contributed by atoms with Crippen molar-refractivity contribution in [2.75, 3.05) is 19.8 Å². The molecule has 0 aliphatic rings. The van der Waals surface area contributed by atoms with Gasteiger partial charge >= 0.3 is 0 Å². The van der Waals surface area contributed by atoms with Crippen LogP contribution in [0.2, 0.25) is 0 Å². The van der Waals surface area contributed by atoms with Crippen LogP contribution in [-0.2, 0) is 11.2 Å². The summed E-state index contributed by atoms with van der Waals surface area (Å²) in [6, 6.07) is 9.22. The van der Waals surface area contributed by atoms with E-state index in [1.807, 2.05) is 6.92 Å². The normalized spacial score (nSPS) is 12.6. The van der Waals surface area contributed by atoms with Crippen LogP contribution in [0.25, 0.3) is 0 Å². The fraction of sp³-hybridized carbons (Fsp3) is 0.600. The molecule has 0 bridgehead atoms. The maximum Gasteiger partial charge on any atom is 0.0661 e. The van der Waals surface area contributed by atoms with Gasteiger partial charge in [0, 0.05) is 6.61 Å². The molecule has 0 heterocycles. The van der Waals surface area contributed by atoms with Crippen LogP contribution in [-0.4, -0.2) is 19.8 Å². The maximum atomic E-state index is 5.52. The Balaban J connectivity index is 2.65. The van der Waals surface area contributed by atoms with E-state index in [2.05, 4.69) is 43.4 Å². The molecule has 0 spiro atoms. The SMILES string of the molecule is CCCc1ccc(C(COCC)NCC)cc1. The Morgan fingerprint density at radius 3 is 2.35 bits per heavy atom. The first-order valence-electron chi connectivity index (χ1n) is 6.71. The molecule has 1 aromatic carbocycles. The second-order valence-corrected chi connectivity index (χ2v) is 4.26. The zero-order valence-corrected chi connectivity index (χ0v) is 11.3. The summed E-state index contributed by atoms with van der Waals surface area (Å²) in [6.07, 6.45) is 2.37. The van der Waals surface area contributed by atoms with Crippen molar-refractivity contribution in [1.29, 1.82) is 0 Å². The third-order valence-corrected chi connectivity index (χ3v) is 2.86. The average molecular weight is 235 g/mol. The van der Waals surface area contributed by atoms with E-state index in [4.69, 9.17) is 4.74 Å². The summed E-state index contributed by atoms with van der Waals surface area (Å²) in [5.41, 5.74) is 2.74. The van der Waals surface area contributed by atoms with Crippen LogP contribution in [0.4, 0.5) is 0 Å². The van der Waals surface area contributed by atoms with Crippen LogP contribution >= 0.6 is 0 Å². The largest absolute Gasteiger partial charge is 0.380 e. The minimum atomic E-state index is 0.315. The van der Waals surface area contributed by atoms with Gasteiger partial charge in [-0.15, -0.1) is 0 Å². The Labute approximate surface area is 105 Å². The first-order chi connectivity index (χ1) is 8.31. The Kier molecular flexibility index (Phi) is 6.90. The topological polar surface area (TPSA) is 21.3 Å². The Hall–Kier alpha value is -0.860. The molecule has 0 aliphatic heterocycles. The fourth-order valence-electron chi connectivity index (χ4n) is 1.96. The summed E-state index contributed by atoms with van der Waals surface area (Å²) in [6.45, 7) is 8.87. The summed E-state index contributed by atoms with van der Waals surface area (Å²) in [4.78, 5) is 0. The molecular formula is C15H25NO. The van der Waals surface area contributed by atoms with Gasteiger partial charge in [0.2, 0.25) is 0 Å². The highest BCUT2D eigenvalue weighted by atomic mass is 16.5. The molecule has 2 heteroatoms. The predicted molar refractivity (Wildman–Crippen MR) is 73.3 cm³/mol. The van der Waals surface area contributed by atoms with Gasteiger partial charge in [-0.25, -0.2) is 0 Å². The highest BCUT2D eigenvalue weighted by molar-refractivity contribution is 5.25. The molecular weight excluding hydrogens is 210 g/mol. The average Bonchev–Trinajstić information content (AvgIpc) is 2.36. The van der Waals surface area contributed by atoms with Gasteiger partial charge in [-0.2, -0.15) is 0 Å². The predicted octanol–water partition coefficient (Wildman–Crippen LogP) is 3.33. The molecule has 96 valence electrons. The third-order valence-electron chi connectivity index (χ3n) is 2.86. The fourth-order valence-corrected chi connectivity index (χ4v) is 1.96. The molecule has 1 aromatic rings. The first-order valence-corrected chi connectivity index (χ1v) is 6.71. The number of hydrogen-bond donors (Lipinski definition) is 1. The second kappa shape index (κ2) is 8.26. The van der Waals surface area contributed by atoms with Gasteiger partial charge in [0.1, 0.15) is 0 Å². The van der Waals surface area contributed by atoms with E-state index in [1.165, 1.54) is 17.5 Å². The number of benzene rings is 1. The summed E-state index contributed by atoms with van der Waals surface area (Å²) in [5.74, 6) is 0. The molecule has 0 aliphatic carbocycles. The van der Waals surface area contributed by atoms with E-state index in [0.717, 1.165) is 26.2 Å². The molecule has 1 rings (SSSR count). The van der Waals surface area contributed by atoms with Crippen molar-refractivity contribution >= 4 is 0 Å². The van der Waals surface area contributed by atoms with Crippen molar-refractivity contribution < 1.29 is 4.74 Å². The van der Waals surface area contributed by atoms with Gasteiger partial charge in [0.25, 0.3) is 0 Å². The Morgan fingerprint density at radius 2 is 1.82 bits per heavy atom. The highest BCUT2D eigenvalue weighted by Gasteiger charge is 2.09. The number of rotatable bonds is 8. The van der Waals surface area contributed by atoms with Crippen LogP contribution in [0.5, 0.6) is 0 Å². The number of likely N-dealkylation sites (N-methyl/N-ethyl adjacent to an activating group) is 1. The molecule has 1 atom stereocenters. The zero-order valence-electron chi connectivity index (χ0n) is 11.3. The van der Waals surface area contributed by atoms with Crippen LogP contribution < -0.4 is 5.32 Å². The van der Waals surface area contributed by atoms with E-state index < -0.39 is 0 Å². The summed E-state index contributed by atoms with van der Waals surface area (Å²) >= 11 is 0. The van der Waals surface area contributed by atoms with E-state index in [1.54, 1.807) is 0 Å². The highest BCUT2D eigenvalue weighted by Crippen LogP contribution is 2.15. The molecule has 0 amide bonds.